The lowest BCUT2D eigenvalue weighted by atomic mass is 10.1. The molecule has 1 aromatic carbocycles. The molecule has 6 heteroatoms. The smallest absolute Gasteiger partial charge is 0.240 e. The molecule has 1 aliphatic heterocycles. The topological polar surface area (TPSA) is 49.4 Å². The molecule has 4 nitrogen and oxygen atoms in total. The van der Waals surface area contributed by atoms with Crippen LogP contribution < -0.4 is 5.32 Å². The van der Waals surface area contributed by atoms with Gasteiger partial charge in [0.15, 0.2) is 0 Å². The standard InChI is InChI=1S/C15H18F2N2O2/c1-10(12-6-5-11(16)8-13(12)17)18-14(20)9-19-7-3-2-4-15(19)21/h5-6,8,10H,2-4,7,9H2,1H3,(H,18,20). The minimum Gasteiger partial charge on any atom is -0.348 e. The van der Waals surface area contributed by atoms with Crippen LogP contribution in [0, 0.1) is 11.6 Å². The number of halogens is 2. The SMILES string of the molecule is CC(NC(=O)CN1CCCCC1=O)c1ccc(F)cc1F. The van der Waals surface area contributed by atoms with Gasteiger partial charge in [0.2, 0.25) is 11.8 Å². The lowest BCUT2D eigenvalue weighted by Crippen LogP contribution is -2.43. The van der Waals surface area contributed by atoms with E-state index in [2.05, 4.69) is 5.32 Å². The van der Waals surface area contributed by atoms with Crippen molar-refractivity contribution in [3.63, 3.8) is 0 Å². The number of likely N-dealkylation sites (tertiary alicyclic amines) is 1. The van der Waals surface area contributed by atoms with Crippen LogP contribution >= 0.6 is 0 Å². The van der Waals surface area contributed by atoms with Crippen LogP contribution in [0.3, 0.4) is 0 Å². The fourth-order valence-electron chi connectivity index (χ4n) is 2.42. The molecular formula is C15H18F2N2O2. The number of rotatable bonds is 4. The van der Waals surface area contributed by atoms with Crippen LogP contribution in [0.2, 0.25) is 0 Å². The molecular weight excluding hydrogens is 278 g/mol. The molecule has 1 aromatic rings. The largest absolute Gasteiger partial charge is 0.348 e. The van der Waals surface area contributed by atoms with Crippen molar-refractivity contribution in [1.82, 2.24) is 10.2 Å². The Bertz CT molecular complexity index is 548. The summed E-state index contributed by atoms with van der Waals surface area (Å²) >= 11 is 0. The number of hydrogen-bond donors (Lipinski definition) is 1. The minimum atomic E-state index is -0.697. The fraction of sp³-hybridized carbons (Fsp3) is 0.467. The molecule has 1 N–H and O–H groups in total. The Morgan fingerprint density at radius 3 is 2.81 bits per heavy atom. The molecule has 1 atom stereocenters. The minimum absolute atomic E-state index is 0.0218. The van der Waals surface area contributed by atoms with E-state index in [0.29, 0.717) is 13.0 Å². The zero-order chi connectivity index (χ0) is 15.4. The Balaban J connectivity index is 1.94. The molecule has 1 aliphatic rings. The number of carbonyl (C=O) groups excluding carboxylic acids is 2. The van der Waals surface area contributed by atoms with Gasteiger partial charge >= 0.3 is 0 Å². The van der Waals surface area contributed by atoms with Crippen molar-refractivity contribution in [1.29, 1.82) is 0 Å². The molecule has 0 bridgehead atoms. The van der Waals surface area contributed by atoms with Crippen LogP contribution in [0.5, 0.6) is 0 Å². The first-order valence-corrected chi connectivity index (χ1v) is 6.99. The normalized spacial score (nSPS) is 16.7. The third-order valence-electron chi connectivity index (χ3n) is 3.56. The van der Waals surface area contributed by atoms with Crippen molar-refractivity contribution < 1.29 is 18.4 Å². The number of nitrogens with one attached hydrogen (secondary N) is 1. The van der Waals surface area contributed by atoms with Gasteiger partial charge < -0.3 is 10.2 Å². The van der Waals surface area contributed by atoms with Gasteiger partial charge in [-0.3, -0.25) is 9.59 Å². The maximum Gasteiger partial charge on any atom is 0.240 e. The van der Waals surface area contributed by atoms with Gasteiger partial charge in [0.1, 0.15) is 11.6 Å². The second-order valence-electron chi connectivity index (χ2n) is 5.23. The van der Waals surface area contributed by atoms with Gasteiger partial charge in [0, 0.05) is 24.6 Å². The lowest BCUT2D eigenvalue weighted by molar-refractivity contribution is -0.138. The number of nitrogens with zero attached hydrogens (tertiary/aromatic N) is 1. The monoisotopic (exact) mass is 296 g/mol. The van der Waals surface area contributed by atoms with E-state index in [1.807, 2.05) is 0 Å². The summed E-state index contributed by atoms with van der Waals surface area (Å²) in [5.41, 5.74) is 0.217. The van der Waals surface area contributed by atoms with Crippen LogP contribution in [0.25, 0.3) is 0 Å². The van der Waals surface area contributed by atoms with E-state index in [1.54, 1.807) is 6.92 Å². The average Bonchev–Trinajstić information content (AvgIpc) is 2.41. The molecule has 0 spiro atoms. The van der Waals surface area contributed by atoms with Gasteiger partial charge in [-0.15, -0.1) is 0 Å². The lowest BCUT2D eigenvalue weighted by Gasteiger charge is -2.26. The molecule has 0 aliphatic carbocycles. The second kappa shape index (κ2) is 6.65. The van der Waals surface area contributed by atoms with Gasteiger partial charge in [-0.2, -0.15) is 0 Å². The predicted molar refractivity (Wildman–Crippen MR) is 73.3 cm³/mol. The van der Waals surface area contributed by atoms with E-state index in [-0.39, 0.29) is 23.9 Å². The first-order valence-electron chi connectivity index (χ1n) is 6.99. The average molecular weight is 296 g/mol. The van der Waals surface area contributed by atoms with Crippen molar-refractivity contribution in [2.24, 2.45) is 0 Å². The number of amides is 2. The summed E-state index contributed by atoms with van der Waals surface area (Å²) in [5.74, 6) is -1.73. The highest BCUT2D eigenvalue weighted by Crippen LogP contribution is 2.18. The molecule has 114 valence electrons. The van der Waals surface area contributed by atoms with Gasteiger partial charge in [-0.1, -0.05) is 6.07 Å². The van der Waals surface area contributed by atoms with Crippen LogP contribution in [0.4, 0.5) is 8.78 Å². The zero-order valence-corrected chi connectivity index (χ0v) is 11.9. The van der Waals surface area contributed by atoms with E-state index < -0.39 is 17.7 Å². The highest BCUT2D eigenvalue weighted by molar-refractivity contribution is 5.85. The quantitative estimate of drug-likeness (QED) is 0.925. The van der Waals surface area contributed by atoms with Crippen LogP contribution in [0.1, 0.15) is 37.8 Å². The maximum atomic E-state index is 13.6. The predicted octanol–water partition coefficient (Wildman–Crippen LogP) is 2.15. The first kappa shape index (κ1) is 15.4. The second-order valence-corrected chi connectivity index (χ2v) is 5.23. The fourth-order valence-corrected chi connectivity index (χ4v) is 2.42. The van der Waals surface area contributed by atoms with Gasteiger partial charge in [0.05, 0.1) is 12.6 Å². The summed E-state index contributed by atoms with van der Waals surface area (Å²) in [5, 5.41) is 2.63. The summed E-state index contributed by atoms with van der Waals surface area (Å²) in [6, 6.07) is 2.65. The number of piperidine rings is 1. The molecule has 2 rings (SSSR count). The van der Waals surface area contributed by atoms with Crippen LogP contribution in [-0.2, 0) is 9.59 Å². The molecule has 0 aromatic heterocycles. The molecule has 2 amide bonds. The van der Waals surface area contributed by atoms with E-state index >= 15 is 0 Å². The zero-order valence-electron chi connectivity index (χ0n) is 11.9. The highest BCUT2D eigenvalue weighted by Gasteiger charge is 2.21. The third kappa shape index (κ3) is 4.00. The van der Waals surface area contributed by atoms with Gasteiger partial charge in [-0.25, -0.2) is 8.78 Å². The molecule has 1 fully saturated rings. The number of benzene rings is 1. The maximum absolute atomic E-state index is 13.6. The molecule has 21 heavy (non-hydrogen) atoms. The van der Waals surface area contributed by atoms with Crippen LogP contribution in [0.15, 0.2) is 18.2 Å². The van der Waals surface area contributed by atoms with Crippen molar-refractivity contribution in [3.05, 3.63) is 35.4 Å². The van der Waals surface area contributed by atoms with Gasteiger partial charge in [-0.05, 0) is 25.8 Å². The Labute approximate surface area is 122 Å². The van der Waals surface area contributed by atoms with Gasteiger partial charge in [0.25, 0.3) is 0 Å². The van der Waals surface area contributed by atoms with Crippen molar-refractivity contribution in [2.75, 3.05) is 13.1 Å². The van der Waals surface area contributed by atoms with Crippen LogP contribution in [-0.4, -0.2) is 29.8 Å². The van der Waals surface area contributed by atoms with E-state index in [4.69, 9.17) is 0 Å². The molecule has 1 heterocycles. The summed E-state index contributed by atoms with van der Waals surface area (Å²) in [4.78, 5) is 25.0. The van der Waals surface area contributed by atoms with Crippen molar-refractivity contribution in [3.8, 4) is 0 Å². The molecule has 0 radical (unpaired) electrons. The van der Waals surface area contributed by atoms with E-state index in [0.717, 1.165) is 25.0 Å². The summed E-state index contributed by atoms with van der Waals surface area (Å²) < 4.78 is 26.5. The van der Waals surface area contributed by atoms with E-state index in [9.17, 15) is 18.4 Å². The third-order valence-corrected chi connectivity index (χ3v) is 3.56. The molecule has 1 saturated heterocycles. The first-order chi connectivity index (χ1) is 9.97. The van der Waals surface area contributed by atoms with Crippen molar-refractivity contribution >= 4 is 11.8 Å². The molecule has 0 saturated carbocycles. The number of carbonyl (C=O) groups is 2. The Hall–Kier alpha value is -1.98. The Morgan fingerprint density at radius 2 is 2.14 bits per heavy atom. The number of hydrogen-bond acceptors (Lipinski definition) is 2. The Morgan fingerprint density at radius 1 is 1.38 bits per heavy atom. The van der Waals surface area contributed by atoms with E-state index in [1.165, 1.54) is 11.0 Å². The summed E-state index contributed by atoms with van der Waals surface area (Å²) in [7, 11) is 0. The summed E-state index contributed by atoms with van der Waals surface area (Å²) in [6.45, 7) is 2.17. The molecule has 1 unspecified atom stereocenters. The Kier molecular flexibility index (Phi) is 4.88. The highest BCUT2D eigenvalue weighted by atomic mass is 19.1. The summed E-state index contributed by atoms with van der Waals surface area (Å²) in [6.07, 6.45) is 2.21. The van der Waals surface area contributed by atoms with Crippen molar-refractivity contribution in [2.45, 2.75) is 32.2 Å².